The van der Waals surface area contributed by atoms with Crippen LogP contribution in [-0.4, -0.2) is 84.7 Å². The van der Waals surface area contributed by atoms with Crippen molar-refractivity contribution in [2.75, 3.05) is 33.7 Å². The van der Waals surface area contributed by atoms with E-state index in [4.69, 9.17) is 0 Å². The number of amides is 1. The van der Waals surface area contributed by atoms with Crippen LogP contribution in [0.2, 0.25) is 0 Å². The van der Waals surface area contributed by atoms with Crippen molar-refractivity contribution >= 4 is 21.9 Å². The van der Waals surface area contributed by atoms with Crippen molar-refractivity contribution in [1.82, 2.24) is 14.1 Å². The fourth-order valence-electron chi connectivity index (χ4n) is 2.82. The first-order valence-corrected chi connectivity index (χ1v) is 8.76. The molecule has 1 N–H and O–H groups in total. The highest BCUT2D eigenvalue weighted by atomic mass is 32.2. The molecule has 0 aliphatic carbocycles. The Morgan fingerprint density at radius 1 is 1.23 bits per heavy atom. The maximum Gasteiger partial charge on any atom is 0.326 e. The van der Waals surface area contributed by atoms with Gasteiger partial charge in [0.15, 0.2) is 0 Å². The SMILES string of the molecule is CC(C)[C@@H](C(=O)O)N(C)C(=O)C1CN(S(=O)(=O)C2CN2C)C1. The molecule has 0 radical (unpaired) electrons. The number of carbonyl (C=O) groups excluding carboxylic acids is 1. The highest BCUT2D eigenvalue weighted by Crippen LogP contribution is 2.30. The molecular formula is C13H23N3O5S. The molecule has 2 unspecified atom stereocenters. The van der Waals surface area contributed by atoms with E-state index in [9.17, 15) is 23.1 Å². The molecule has 0 spiro atoms. The predicted molar refractivity (Wildman–Crippen MR) is 79.4 cm³/mol. The van der Waals surface area contributed by atoms with E-state index in [2.05, 4.69) is 0 Å². The third kappa shape index (κ3) is 2.97. The van der Waals surface area contributed by atoms with E-state index in [-0.39, 0.29) is 24.9 Å². The Morgan fingerprint density at radius 3 is 2.09 bits per heavy atom. The number of aliphatic carboxylic acids is 1. The van der Waals surface area contributed by atoms with Crippen LogP contribution in [-0.2, 0) is 19.6 Å². The molecule has 22 heavy (non-hydrogen) atoms. The van der Waals surface area contributed by atoms with Gasteiger partial charge < -0.3 is 10.0 Å². The first kappa shape index (κ1) is 17.2. The summed E-state index contributed by atoms with van der Waals surface area (Å²) in [6.07, 6.45) is 0. The van der Waals surface area contributed by atoms with Gasteiger partial charge >= 0.3 is 5.97 Å². The van der Waals surface area contributed by atoms with Gasteiger partial charge in [0, 0.05) is 26.7 Å². The van der Waals surface area contributed by atoms with E-state index in [0.717, 1.165) is 0 Å². The summed E-state index contributed by atoms with van der Waals surface area (Å²) in [5, 5.41) is 8.75. The number of rotatable bonds is 6. The minimum Gasteiger partial charge on any atom is -0.480 e. The van der Waals surface area contributed by atoms with Gasteiger partial charge in [0.1, 0.15) is 11.4 Å². The Kier molecular flexibility index (Phi) is 4.51. The van der Waals surface area contributed by atoms with E-state index in [1.54, 1.807) is 25.8 Å². The fourth-order valence-corrected chi connectivity index (χ4v) is 4.82. The number of sulfonamides is 1. The lowest BCUT2D eigenvalue weighted by Gasteiger charge is -2.40. The first-order valence-electron chi connectivity index (χ1n) is 7.26. The molecule has 1 amide bonds. The molecule has 2 aliphatic heterocycles. The van der Waals surface area contributed by atoms with E-state index >= 15 is 0 Å². The largest absolute Gasteiger partial charge is 0.480 e. The number of carbonyl (C=O) groups is 2. The summed E-state index contributed by atoms with van der Waals surface area (Å²) in [6.45, 7) is 4.28. The summed E-state index contributed by atoms with van der Waals surface area (Å²) in [6, 6.07) is -0.896. The second-order valence-electron chi connectivity index (χ2n) is 6.43. The summed E-state index contributed by atoms with van der Waals surface area (Å²) in [5.41, 5.74) is 0. The van der Waals surface area contributed by atoms with Gasteiger partial charge in [-0.25, -0.2) is 13.2 Å². The Bertz CT molecular complexity index is 570. The maximum absolute atomic E-state index is 12.3. The second-order valence-corrected chi connectivity index (χ2v) is 8.52. The molecule has 0 aromatic carbocycles. The van der Waals surface area contributed by atoms with Gasteiger partial charge in [0.05, 0.1) is 5.92 Å². The average Bonchev–Trinajstić information content (AvgIpc) is 3.03. The minimum absolute atomic E-state index is 0.139. The molecule has 2 aliphatic rings. The number of carboxylic acids is 1. The standard InChI is InChI=1S/C13H23N3O5S/c1-8(2)11(13(18)19)15(4)12(17)9-5-16(6-9)22(20,21)10-7-14(10)3/h8-11H,5-7H2,1-4H3,(H,18,19)/t10?,11-,14?/m0/s1. The van der Waals surface area contributed by atoms with Gasteiger partial charge in [-0.3, -0.25) is 9.69 Å². The van der Waals surface area contributed by atoms with Crippen LogP contribution in [0.15, 0.2) is 0 Å². The average molecular weight is 333 g/mol. The smallest absolute Gasteiger partial charge is 0.326 e. The quantitative estimate of drug-likeness (QED) is 0.632. The molecule has 9 heteroatoms. The molecule has 3 atom stereocenters. The Balaban J connectivity index is 1.95. The summed E-state index contributed by atoms with van der Waals surface area (Å²) in [7, 11) is -0.151. The lowest BCUT2D eigenvalue weighted by atomic mass is 9.97. The normalized spacial score (nSPS) is 27.3. The molecule has 0 aromatic heterocycles. The monoisotopic (exact) mass is 333 g/mol. The number of carboxylic acid groups (broad SMARTS) is 1. The first-order chi connectivity index (χ1) is 10.1. The molecule has 2 fully saturated rings. The molecular weight excluding hydrogens is 310 g/mol. The van der Waals surface area contributed by atoms with Crippen molar-refractivity contribution in [3.05, 3.63) is 0 Å². The lowest BCUT2D eigenvalue weighted by molar-refractivity contribution is -0.154. The van der Waals surface area contributed by atoms with E-state index in [0.29, 0.717) is 6.54 Å². The summed E-state index contributed by atoms with van der Waals surface area (Å²) < 4.78 is 25.6. The Morgan fingerprint density at radius 2 is 1.73 bits per heavy atom. The van der Waals surface area contributed by atoms with Crippen LogP contribution in [0.4, 0.5) is 0 Å². The van der Waals surface area contributed by atoms with E-state index < -0.39 is 33.3 Å². The van der Waals surface area contributed by atoms with Crippen LogP contribution in [0, 0.1) is 11.8 Å². The van der Waals surface area contributed by atoms with Gasteiger partial charge in [-0.15, -0.1) is 0 Å². The van der Waals surface area contributed by atoms with Crippen molar-refractivity contribution in [3.63, 3.8) is 0 Å². The number of hydrogen-bond acceptors (Lipinski definition) is 5. The zero-order valence-corrected chi connectivity index (χ0v) is 14.1. The van der Waals surface area contributed by atoms with Gasteiger partial charge in [-0.2, -0.15) is 4.31 Å². The molecule has 2 heterocycles. The van der Waals surface area contributed by atoms with Gasteiger partial charge in [0.25, 0.3) is 0 Å². The molecule has 2 saturated heterocycles. The minimum atomic E-state index is -3.35. The second kappa shape index (κ2) is 5.78. The van der Waals surface area contributed by atoms with E-state index in [1.165, 1.54) is 16.3 Å². The Labute approximate surface area is 130 Å². The molecule has 8 nitrogen and oxygen atoms in total. The van der Waals surface area contributed by atoms with Gasteiger partial charge in [0.2, 0.25) is 15.9 Å². The fraction of sp³-hybridized carbons (Fsp3) is 0.846. The molecule has 126 valence electrons. The van der Waals surface area contributed by atoms with Crippen LogP contribution in [0.5, 0.6) is 0 Å². The van der Waals surface area contributed by atoms with Crippen molar-refractivity contribution in [1.29, 1.82) is 0 Å². The van der Waals surface area contributed by atoms with Crippen molar-refractivity contribution < 1.29 is 23.1 Å². The number of hydrogen-bond donors (Lipinski definition) is 1. The zero-order valence-electron chi connectivity index (χ0n) is 13.3. The van der Waals surface area contributed by atoms with Crippen molar-refractivity contribution in [3.8, 4) is 0 Å². The van der Waals surface area contributed by atoms with Crippen LogP contribution in [0.25, 0.3) is 0 Å². The van der Waals surface area contributed by atoms with Crippen LogP contribution in [0.3, 0.4) is 0 Å². The van der Waals surface area contributed by atoms with Crippen LogP contribution < -0.4 is 0 Å². The van der Waals surface area contributed by atoms with E-state index in [1.807, 2.05) is 0 Å². The van der Waals surface area contributed by atoms with Gasteiger partial charge in [-0.1, -0.05) is 13.8 Å². The molecule has 0 bridgehead atoms. The predicted octanol–water partition coefficient (Wildman–Crippen LogP) is -0.913. The highest BCUT2D eigenvalue weighted by molar-refractivity contribution is 7.90. The Hall–Kier alpha value is -1.19. The van der Waals surface area contributed by atoms with Crippen LogP contribution >= 0.6 is 0 Å². The maximum atomic E-state index is 12.3. The highest BCUT2D eigenvalue weighted by Gasteiger charge is 2.51. The third-order valence-electron chi connectivity index (χ3n) is 4.35. The molecule has 0 aromatic rings. The summed E-state index contributed by atoms with van der Waals surface area (Å²) in [4.78, 5) is 26.5. The van der Waals surface area contributed by atoms with Gasteiger partial charge in [-0.05, 0) is 13.0 Å². The number of likely N-dealkylation sites (N-methyl/N-ethyl adjacent to an activating group) is 2. The zero-order chi connectivity index (χ0) is 16.8. The summed E-state index contributed by atoms with van der Waals surface area (Å²) in [5.74, 6) is -2.03. The topological polar surface area (TPSA) is 98.0 Å². The third-order valence-corrected chi connectivity index (χ3v) is 6.57. The van der Waals surface area contributed by atoms with Crippen molar-refractivity contribution in [2.24, 2.45) is 11.8 Å². The lowest BCUT2D eigenvalue weighted by Crippen LogP contribution is -2.59. The van der Waals surface area contributed by atoms with Crippen molar-refractivity contribution in [2.45, 2.75) is 25.3 Å². The van der Waals surface area contributed by atoms with Crippen LogP contribution in [0.1, 0.15) is 13.8 Å². The molecule has 2 rings (SSSR count). The molecule has 0 saturated carbocycles. The summed E-state index contributed by atoms with van der Waals surface area (Å²) >= 11 is 0. The number of nitrogens with zero attached hydrogens (tertiary/aromatic N) is 3.